The van der Waals surface area contributed by atoms with Crippen LogP contribution in [0.1, 0.15) is 120 Å². The number of allylic oxidation sites excluding steroid dienone is 2. The molecule has 5 aliphatic carbocycles. The number of carbonyl (C=O) groups excluding carboxylic acids is 2. The number of amides is 1. The molecule has 0 N–H and O–H groups in total. The van der Waals surface area contributed by atoms with E-state index >= 15 is 0 Å². The minimum atomic E-state index is -0.342. The number of anilines is 1. The molecule has 0 spiro atoms. The van der Waals surface area contributed by atoms with Crippen LogP contribution in [0.2, 0.25) is 0 Å². The second kappa shape index (κ2) is 11.8. The molecule has 1 aliphatic heterocycles. The van der Waals surface area contributed by atoms with Crippen molar-refractivity contribution in [1.29, 1.82) is 0 Å². The SMILES string of the molecule is COc1ccccc1N1CCN(C(=O)C2(C)CC[C@]3(C)CC[C@]4(C)C(=CCC5[C@@]6(C)C(OC(C)=O)CCC(C)(C)C6CC[C@]54C)[C@@H]3C2)CC1. The molecule has 0 radical (unpaired) electrons. The van der Waals surface area contributed by atoms with Crippen molar-refractivity contribution in [3.05, 3.63) is 35.9 Å². The molecule has 0 bridgehead atoms. The molecule has 49 heavy (non-hydrogen) atoms. The first-order chi connectivity index (χ1) is 23.0. The molecule has 6 nitrogen and oxygen atoms in total. The quantitative estimate of drug-likeness (QED) is 0.236. The lowest BCUT2D eigenvalue weighted by Gasteiger charge is -2.71. The third kappa shape index (κ3) is 5.13. The predicted octanol–water partition coefficient (Wildman–Crippen LogP) is 9.08. The average Bonchev–Trinajstić information content (AvgIpc) is 3.07. The zero-order valence-corrected chi connectivity index (χ0v) is 32.1. The van der Waals surface area contributed by atoms with Crippen molar-refractivity contribution in [2.45, 2.75) is 126 Å². The van der Waals surface area contributed by atoms with Gasteiger partial charge in [-0.25, -0.2) is 0 Å². The molecule has 6 heteroatoms. The highest BCUT2D eigenvalue weighted by Crippen LogP contribution is 2.76. The van der Waals surface area contributed by atoms with Gasteiger partial charge >= 0.3 is 5.97 Å². The predicted molar refractivity (Wildman–Crippen MR) is 196 cm³/mol. The summed E-state index contributed by atoms with van der Waals surface area (Å²) < 4.78 is 11.9. The van der Waals surface area contributed by atoms with Crippen LogP contribution in [0.5, 0.6) is 5.75 Å². The van der Waals surface area contributed by atoms with E-state index in [0.29, 0.717) is 23.7 Å². The Morgan fingerprint density at radius 2 is 1.51 bits per heavy atom. The van der Waals surface area contributed by atoms with E-state index in [1.807, 2.05) is 12.1 Å². The van der Waals surface area contributed by atoms with E-state index in [2.05, 4.69) is 76.5 Å². The molecule has 6 aliphatic rings. The van der Waals surface area contributed by atoms with E-state index in [9.17, 15) is 9.59 Å². The van der Waals surface area contributed by atoms with Crippen molar-refractivity contribution in [2.24, 2.45) is 50.2 Å². The number of carbonyl (C=O) groups is 2. The lowest BCUT2D eigenvalue weighted by molar-refractivity contribution is -0.229. The first kappa shape index (κ1) is 34.9. The number of hydrogen-bond donors (Lipinski definition) is 0. The van der Waals surface area contributed by atoms with Crippen molar-refractivity contribution in [1.82, 2.24) is 4.90 Å². The van der Waals surface area contributed by atoms with E-state index in [0.717, 1.165) is 76.1 Å². The minimum Gasteiger partial charge on any atom is -0.495 e. The van der Waals surface area contributed by atoms with Crippen LogP contribution in [0.25, 0.3) is 0 Å². The molecular formula is C43H64N2O4. The molecule has 1 heterocycles. The molecule has 1 amide bonds. The van der Waals surface area contributed by atoms with Gasteiger partial charge < -0.3 is 19.3 Å². The fraction of sp³-hybridized carbons (Fsp3) is 0.767. The van der Waals surface area contributed by atoms with Gasteiger partial charge in [-0.1, -0.05) is 72.2 Å². The van der Waals surface area contributed by atoms with Gasteiger partial charge in [-0.15, -0.1) is 0 Å². The Balaban J connectivity index is 1.15. The average molecular weight is 673 g/mol. The highest BCUT2D eigenvalue weighted by atomic mass is 16.5. The fourth-order valence-electron chi connectivity index (χ4n) is 13.3. The topological polar surface area (TPSA) is 59.1 Å². The number of piperazine rings is 1. The Morgan fingerprint density at radius 1 is 0.816 bits per heavy atom. The van der Waals surface area contributed by atoms with Crippen LogP contribution < -0.4 is 9.64 Å². The summed E-state index contributed by atoms with van der Waals surface area (Å²) in [5, 5.41) is 0. The summed E-state index contributed by atoms with van der Waals surface area (Å²) in [6.07, 6.45) is 13.8. The van der Waals surface area contributed by atoms with Gasteiger partial charge in [0.1, 0.15) is 11.9 Å². The molecule has 4 unspecified atom stereocenters. The highest BCUT2D eigenvalue weighted by molar-refractivity contribution is 5.83. The molecule has 1 aromatic carbocycles. The molecule has 9 atom stereocenters. The number of hydrogen-bond acceptors (Lipinski definition) is 5. The van der Waals surface area contributed by atoms with Crippen molar-refractivity contribution < 1.29 is 19.1 Å². The highest BCUT2D eigenvalue weighted by Gasteiger charge is 2.69. The van der Waals surface area contributed by atoms with Crippen molar-refractivity contribution in [2.75, 3.05) is 38.2 Å². The van der Waals surface area contributed by atoms with Crippen LogP contribution in [-0.4, -0.2) is 56.2 Å². The summed E-state index contributed by atoms with van der Waals surface area (Å²) in [6, 6.07) is 8.23. The van der Waals surface area contributed by atoms with Crippen LogP contribution in [0.15, 0.2) is 35.9 Å². The number of para-hydroxylation sites is 2. The van der Waals surface area contributed by atoms with Crippen LogP contribution in [0.4, 0.5) is 5.69 Å². The Kier molecular flexibility index (Phi) is 8.39. The number of nitrogens with zero attached hydrogens (tertiary/aromatic N) is 2. The third-order valence-electron chi connectivity index (χ3n) is 16.5. The van der Waals surface area contributed by atoms with Gasteiger partial charge in [-0.3, -0.25) is 9.59 Å². The van der Waals surface area contributed by atoms with E-state index in [1.165, 1.54) is 25.7 Å². The summed E-state index contributed by atoms with van der Waals surface area (Å²) >= 11 is 0. The largest absolute Gasteiger partial charge is 0.495 e. The lowest BCUT2D eigenvalue weighted by Crippen LogP contribution is -2.66. The van der Waals surface area contributed by atoms with E-state index < -0.39 is 0 Å². The van der Waals surface area contributed by atoms with Crippen LogP contribution >= 0.6 is 0 Å². The Bertz CT molecular complexity index is 1510. The standard InChI is InChI=1S/C43H64N2O4/c1-29(46)49-36-17-18-38(2,3)34-16-19-42(7)35(43(34,36)8)15-14-30-31-28-40(5,21-20-39(31,4)22-23-41(30,42)6)37(47)45-26-24-44(25-27-45)32-12-10-11-13-33(32)48-9/h10-14,31,34-36H,15-28H2,1-9H3/t31-,34?,35?,36?,39+,40?,41+,42+,43-/m0/s1. The number of ether oxygens (including phenoxy) is 2. The zero-order valence-electron chi connectivity index (χ0n) is 32.1. The van der Waals surface area contributed by atoms with E-state index in [4.69, 9.17) is 9.47 Å². The maximum absolute atomic E-state index is 14.6. The van der Waals surface area contributed by atoms with Crippen molar-refractivity contribution >= 4 is 17.6 Å². The van der Waals surface area contributed by atoms with E-state index in [-0.39, 0.29) is 44.6 Å². The molecule has 5 fully saturated rings. The number of rotatable bonds is 4. The molecule has 1 aromatic rings. The summed E-state index contributed by atoms with van der Waals surface area (Å²) in [4.78, 5) is 31.6. The number of esters is 1. The van der Waals surface area contributed by atoms with Gasteiger partial charge in [0.2, 0.25) is 5.91 Å². The minimum absolute atomic E-state index is 0.0147. The summed E-state index contributed by atoms with van der Waals surface area (Å²) in [7, 11) is 1.73. The molecule has 0 aromatic heterocycles. The molecule has 1 saturated heterocycles. The fourth-order valence-corrected chi connectivity index (χ4v) is 13.3. The molecular weight excluding hydrogens is 608 g/mol. The van der Waals surface area contributed by atoms with Gasteiger partial charge in [-0.2, -0.15) is 0 Å². The molecule has 4 saturated carbocycles. The maximum Gasteiger partial charge on any atom is 0.302 e. The summed E-state index contributed by atoms with van der Waals surface area (Å²) in [5.41, 5.74) is 3.09. The Morgan fingerprint density at radius 3 is 2.20 bits per heavy atom. The number of methoxy groups -OCH3 is 1. The van der Waals surface area contributed by atoms with E-state index in [1.54, 1.807) is 19.6 Å². The first-order valence-electron chi connectivity index (χ1n) is 19.6. The maximum atomic E-state index is 14.6. The monoisotopic (exact) mass is 672 g/mol. The smallest absolute Gasteiger partial charge is 0.302 e. The van der Waals surface area contributed by atoms with Crippen LogP contribution in [0, 0.1) is 50.2 Å². The van der Waals surface area contributed by atoms with Crippen molar-refractivity contribution in [3.8, 4) is 5.75 Å². The second-order valence-electron chi connectivity index (χ2n) is 19.2. The molecule has 7 rings (SSSR count). The molecule has 270 valence electrons. The second-order valence-corrected chi connectivity index (χ2v) is 19.2. The number of benzene rings is 1. The van der Waals surface area contributed by atoms with Crippen LogP contribution in [-0.2, 0) is 14.3 Å². The Labute approximate surface area is 296 Å². The summed E-state index contributed by atoms with van der Waals surface area (Å²) in [6.45, 7) is 22.3. The zero-order chi connectivity index (χ0) is 35.2. The van der Waals surface area contributed by atoms with Gasteiger partial charge in [-0.05, 0) is 116 Å². The normalized spacial score (nSPS) is 42.8. The van der Waals surface area contributed by atoms with Gasteiger partial charge in [0.05, 0.1) is 12.8 Å². The Hall–Kier alpha value is -2.50. The van der Waals surface area contributed by atoms with Gasteiger partial charge in [0, 0.05) is 43.9 Å². The third-order valence-corrected chi connectivity index (χ3v) is 16.5. The lowest BCUT2D eigenvalue weighted by atomic mass is 9.33. The van der Waals surface area contributed by atoms with Crippen LogP contribution in [0.3, 0.4) is 0 Å². The first-order valence-corrected chi connectivity index (χ1v) is 19.6. The van der Waals surface area contributed by atoms with Crippen molar-refractivity contribution in [3.63, 3.8) is 0 Å². The number of fused-ring (bicyclic) bond motifs is 7. The van der Waals surface area contributed by atoms with Gasteiger partial charge in [0.25, 0.3) is 0 Å². The van der Waals surface area contributed by atoms with Gasteiger partial charge in [0.15, 0.2) is 0 Å². The summed E-state index contributed by atoms with van der Waals surface area (Å²) in [5.74, 6) is 2.58.